The van der Waals surface area contributed by atoms with Crippen molar-refractivity contribution in [2.45, 2.75) is 25.4 Å². The Morgan fingerprint density at radius 1 is 1.35 bits per heavy atom. The summed E-state index contributed by atoms with van der Waals surface area (Å²) in [4.78, 5) is 10.3. The number of aromatic nitrogens is 2. The maximum atomic E-state index is 13.8. The Labute approximate surface area is 102 Å². The van der Waals surface area contributed by atoms with Crippen LogP contribution in [0.25, 0.3) is 0 Å². The molecule has 0 bridgehead atoms. The lowest BCUT2D eigenvalue weighted by molar-refractivity contribution is 0.139. The van der Waals surface area contributed by atoms with E-state index < -0.39 is 6.17 Å². The Bertz CT molecular complexity index is 331. The highest BCUT2D eigenvalue weighted by Crippen LogP contribution is 2.28. The van der Waals surface area contributed by atoms with E-state index in [4.69, 9.17) is 5.11 Å². The summed E-state index contributed by atoms with van der Waals surface area (Å²) in [6.07, 6.45) is 3.56. The van der Waals surface area contributed by atoms with Gasteiger partial charge in [0.05, 0.1) is 0 Å². The van der Waals surface area contributed by atoms with Crippen molar-refractivity contribution in [3.05, 3.63) is 23.8 Å². The molecule has 0 aromatic carbocycles. The van der Waals surface area contributed by atoms with Gasteiger partial charge in [-0.2, -0.15) is 0 Å². The summed E-state index contributed by atoms with van der Waals surface area (Å²) in [6, 6.07) is 0. The summed E-state index contributed by atoms with van der Waals surface area (Å²) in [7, 11) is 2.95. The second-order valence-corrected chi connectivity index (χ2v) is 4.24. The van der Waals surface area contributed by atoms with E-state index in [-0.39, 0.29) is 5.92 Å². The molecule has 17 heavy (non-hydrogen) atoms. The molecule has 0 spiro atoms. The van der Waals surface area contributed by atoms with Crippen molar-refractivity contribution >= 4 is 0 Å². The van der Waals surface area contributed by atoms with Gasteiger partial charge in [0.1, 0.15) is 12.0 Å². The lowest BCUT2D eigenvalue weighted by atomic mass is 9.90. The van der Waals surface area contributed by atoms with Crippen LogP contribution in [0.15, 0.2) is 12.4 Å². The highest BCUT2D eigenvalue weighted by Gasteiger charge is 2.29. The first kappa shape index (κ1) is 14.0. The van der Waals surface area contributed by atoms with Gasteiger partial charge in [-0.15, -0.1) is 0 Å². The van der Waals surface area contributed by atoms with Gasteiger partial charge in [0.25, 0.3) is 0 Å². The van der Waals surface area contributed by atoms with E-state index in [0.717, 1.165) is 31.5 Å². The van der Waals surface area contributed by atoms with Crippen LogP contribution in [-0.2, 0) is 0 Å². The normalized spacial score (nSPS) is 25.0. The number of halogens is 1. The van der Waals surface area contributed by atoms with Crippen molar-refractivity contribution in [2.24, 2.45) is 0 Å². The van der Waals surface area contributed by atoms with Gasteiger partial charge in [-0.3, -0.25) is 0 Å². The lowest BCUT2D eigenvalue weighted by Gasteiger charge is -2.32. The summed E-state index contributed by atoms with van der Waals surface area (Å²) >= 11 is 0. The number of aryl methyl sites for hydroxylation is 1. The monoisotopic (exact) mass is 241 g/mol. The molecule has 2 atom stereocenters. The number of piperidine rings is 1. The van der Waals surface area contributed by atoms with Crippen molar-refractivity contribution < 1.29 is 9.50 Å². The van der Waals surface area contributed by atoms with E-state index in [1.165, 1.54) is 0 Å². The van der Waals surface area contributed by atoms with Crippen molar-refractivity contribution in [3.8, 4) is 0 Å². The highest BCUT2D eigenvalue weighted by molar-refractivity contribution is 5.15. The Balaban J connectivity index is 0.000000686. The van der Waals surface area contributed by atoms with Gasteiger partial charge in [-0.1, -0.05) is 0 Å². The van der Waals surface area contributed by atoms with Crippen LogP contribution >= 0.6 is 0 Å². The van der Waals surface area contributed by atoms with Crippen LogP contribution in [0.2, 0.25) is 0 Å². The van der Waals surface area contributed by atoms with Crippen LogP contribution in [-0.4, -0.2) is 53.4 Å². The van der Waals surface area contributed by atoms with Gasteiger partial charge in [-0.25, -0.2) is 14.4 Å². The number of hydrogen-bond acceptors (Lipinski definition) is 4. The quantitative estimate of drug-likeness (QED) is 0.801. The van der Waals surface area contributed by atoms with Gasteiger partial charge in [0.2, 0.25) is 0 Å². The Hall–Kier alpha value is -1.07. The van der Waals surface area contributed by atoms with E-state index >= 15 is 0 Å². The number of likely N-dealkylation sites (tertiary alicyclic amines) is 1. The number of aliphatic hydroxyl groups excluding tert-OH is 1. The first-order chi connectivity index (χ1) is 8.16. The Morgan fingerprint density at radius 2 is 1.94 bits per heavy atom. The summed E-state index contributed by atoms with van der Waals surface area (Å²) in [5.41, 5.74) is 0.932. The average Bonchev–Trinajstić information content (AvgIpc) is 2.33. The van der Waals surface area contributed by atoms with Crippen LogP contribution in [0.1, 0.15) is 23.7 Å². The molecule has 1 N–H and O–H groups in total. The predicted molar refractivity (Wildman–Crippen MR) is 64.7 cm³/mol. The third-order valence-corrected chi connectivity index (χ3v) is 2.97. The molecule has 1 aromatic heterocycles. The maximum Gasteiger partial charge on any atom is 0.125 e. The fraction of sp³-hybridized carbons (Fsp3) is 0.667. The van der Waals surface area contributed by atoms with E-state index in [0.29, 0.717) is 6.54 Å². The minimum Gasteiger partial charge on any atom is -0.400 e. The zero-order valence-corrected chi connectivity index (χ0v) is 10.6. The molecule has 0 amide bonds. The molecule has 0 unspecified atom stereocenters. The summed E-state index contributed by atoms with van der Waals surface area (Å²) in [6.45, 7) is 3.29. The molecule has 5 heteroatoms. The first-order valence-corrected chi connectivity index (χ1v) is 5.72. The molecule has 1 aromatic rings. The maximum absolute atomic E-state index is 13.8. The minimum atomic E-state index is -0.796. The molecule has 1 fully saturated rings. The number of hydrogen-bond donors (Lipinski definition) is 1. The van der Waals surface area contributed by atoms with Crippen LogP contribution in [0.4, 0.5) is 4.39 Å². The summed E-state index contributed by atoms with van der Waals surface area (Å²) in [5.74, 6) is 0.712. The van der Waals surface area contributed by atoms with Gasteiger partial charge < -0.3 is 10.0 Å². The second kappa shape index (κ2) is 6.61. The van der Waals surface area contributed by atoms with Crippen LogP contribution in [0.5, 0.6) is 0 Å². The third kappa shape index (κ3) is 3.71. The molecule has 4 nitrogen and oxygen atoms in total. The minimum absolute atomic E-state index is 0.0261. The molecule has 96 valence electrons. The second-order valence-electron chi connectivity index (χ2n) is 4.24. The zero-order valence-electron chi connectivity index (χ0n) is 10.6. The van der Waals surface area contributed by atoms with E-state index in [9.17, 15) is 4.39 Å². The summed E-state index contributed by atoms with van der Waals surface area (Å²) in [5, 5.41) is 7.00. The Morgan fingerprint density at radius 3 is 2.47 bits per heavy atom. The predicted octanol–water partition coefficient (Wildman–Crippen LogP) is 1.15. The number of aliphatic hydroxyl groups is 1. The molecule has 1 aliphatic heterocycles. The van der Waals surface area contributed by atoms with Gasteiger partial charge in [0.15, 0.2) is 0 Å². The molecule has 0 aliphatic carbocycles. The number of rotatable bonds is 1. The van der Waals surface area contributed by atoms with Crippen LogP contribution in [0.3, 0.4) is 0 Å². The molecule has 1 aliphatic rings. The third-order valence-electron chi connectivity index (χ3n) is 2.97. The van der Waals surface area contributed by atoms with Gasteiger partial charge in [-0.05, 0) is 32.5 Å². The van der Waals surface area contributed by atoms with E-state index in [1.54, 1.807) is 12.4 Å². The topological polar surface area (TPSA) is 49.3 Å². The van der Waals surface area contributed by atoms with Gasteiger partial charge in [0, 0.05) is 32.0 Å². The van der Waals surface area contributed by atoms with Crippen molar-refractivity contribution in [1.29, 1.82) is 0 Å². The molecule has 1 saturated heterocycles. The van der Waals surface area contributed by atoms with E-state index in [2.05, 4.69) is 9.97 Å². The van der Waals surface area contributed by atoms with Crippen molar-refractivity contribution in [3.63, 3.8) is 0 Å². The molecule has 0 saturated carbocycles. The van der Waals surface area contributed by atoms with Crippen LogP contribution < -0.4 is 0 Å². The average molecular weight is 241 g/mol. The summed E-state index contributed by atoms with van der Waals surface area (Å²) < 4.78 is 13.8. The standard InChI is InChI=1S/C11H16FN3.CH4O/c1-8-13-5-9(6-14-8)10-3-4-15(2)7-11(10)12;1-2/h5-6,10-11H,3-4,7H2,1-2H3;2H,1H3/t10-,11-;/m1./s1. The van der Waals surface area contributed by atoms with Crippen molar-refractivity contribution in [1.82, 2.24) is 14.9 Å². The lowest BCUT2D eigenvalue weighted by Crippen LogP contribution is -2.38. The molecule has 0 radical (unpaired) electrons. The molecular formula is C12H20FN3O. The van der Waals surface area contributed by atoms with Crippen molar-refractivity contribution in [2.75, 3.05) is 27.2 Å². The highest BCUT2D eigenvalue weighted by atomic mass is 19.1. The van der Waals surface area contributed by atoms with Crippen LogP contribution in [0, 0.1) is 6.92 Å². The number of nitrogens with zero attached hydrogens (tertiary/aromatic N) is 3. The molecule has 2 heterocycles. The Kier molecular flexibility index (Phi) is 5.44. The van der Waals surface area contributed by atoms with Gasteiger partial charge >= 0.3 is 0 Å². The SMILES string of the molecule is CO.Cc1ncc([C@H]2CCN(C)C[C@H]2F)cn1. The smallest absolute Gasteiger partial charge is 0.125 e. The molecule has 2 rings (SSSR count). The molecular weight excluding hydrogens is 221 g/mol. The zero-order chi connectivity index (χ0) is 12.8. The fourth-order valence-electron chi connectivity index (χ4n) is 2.03. The number of alkyl halides is 1. The fourth-order valence-corrected chi connectivity index (χ4v) is 2.03. The largest absolute Gasteiger partial charge is 0.400 e. The first-order valence-electron chi connectivity index (χ1n) is 5.72. The van der Waals surface area contributed by atoms with E-state index in [1.807, 2.05) is 18.9 Å².